The molecule has 0 bridgehead atoms. The maximum atomic E-state index is 11.4. The fourth-order valence-electron chi connectivity index (χ4n) is 3.69. The first kappa shape index (κ1) is 16.5. The van der Waals surface area contributed by atoms with Crippen LogP contribution in [0.25, 0.3) is 11.1 Å². The molecule has 4 rings (SSSR count). The van der Waals surface area contributed by atoms with Crippen LogP contribution in [0.5, 0.6) is 0 Å². The molecule has 5 heteroatoms. The van der Waals surface area contributed by atoms with Crippen LogP contribution in [0.2, 0.25) is 0 Å². The fourth-order valence-corrected chi connectivity index (χ4v) is 3.69. The van der Waals surface area contributed by atoms with Crippen LogP contribution >= 0.6 is 0 Å². The van der Waals surface area contributed by atoms with E-state index in [1.807, 2.05) is 30.5 Å². The van der Waals surface area contributed by atoms with Crippen molar-refractivity contribution in [3.05, 3.63) is 77.6 Å². The van der Waals surface area contributed by atoms with Gasteiger partial charge in [0, 0.05) is 30.9 Å². The minimum absolute atomic E-state index is 0.335. The van der Waals surface area contributed by atoms with E-state index >= 15 is 0 Å². The first-order valence-electron chi connectivity index (χ1n) is 8.84. The summed E-state index contributed by atoms with van der Waals surface area (Å²) in [4.78, 5) is 13.9. The van der Waals surface area contributed by atoms with Gasteiger partial charge in [-0.05, 0) is 41.8 Å². The highest BCUT2D eigenvalue weighted by Crippen LogP contribution is 2.28. The average Bonchev–Trinajstić information content (AvgIpc) is 3.34. The predicted molar refractivity (Wildman–Crippen MR) is 100 cm³/mol. The Balaban J connectivity index is 1.45. The van der Waals surface area contributed by atoms with Crippen molar-refractivity contribution < 1.29 is 9.90 Å². The number of H-pyrrole nitrogens is 1. The molecule has 1 saturated heterocycles. The largest absolute Gasteiger partial charge is 0.478 e. The zero-order chi connectivity index (χ0) is 17.9. The number of carboxylic acids is 1. The number of aromatic carboxylic acids is 1. The molecule has 0 amide bonds. The van der Waals surface area contributed by atoms with E-state index in [4.69, 9.17) is 0 Å². The lowest BCUT2D eigenvalue weighted by Gasteiger charge is -2.16. The molecule has 0 unspecified atom stereocenters. The highest BCUT2D eigenvalue weighted by Gasteiger charge is 2.24. The van der Waals surface area contributed by atoms with Crippen molar-refractivity contribution in [2.24, 2.45) is 0 Å². The summed E-state index contributed by atoms with van der Waals surface area (Å²) in [6.45, 7) is 3.02. The van der Waals surface area contributed by atoms with E-state index in [1.165, 1.54) is 11.3 Å². The highest BCUT2D eigenvalue weighted by atomic mass is 16.4. The van der Waals surface area contributed by atoms with Crippen molar-refractivity contribution in [2.75, 3.05) is 13.1 Å². The number of nitrogens with one attached hydrogen (secondary N) is 1. The van der Waals surface area contributed by atoms with Gasteiger partial charge in [-0.25, -0.2) is 4.79 Å². The van der Waals surface area contributed by atoms with Gasteiger partial charge in [-0.2, -0.15) is 5.10 Å². The first-order valence-corrected chi connectivity index (χ1v) is 8.84. The Morgan fingerprint density at radius 3 is 2.69 bits per heavy atom. The standard InChI is InChI=1S/C21H21N3O2/c25-21(26)19-4-2-1-3-18(19)16-7-5-15(6-8-16)13-24-12-10-17(14-24)20-9-11-22-23-20/h1-9,11,17H,10,12-14H2,(H,22,23)(H,25,26)/t17-/m1/s1. The second-order valence-corrected chi connectivity index (χ2v) is 6.78. The number of carbonyl (C=O) groups is 1. The summed E-state index contributed by atoms with van der Waals surface area (Å²) in [6, 6.07) is 17.4. The van der Waals surface area contributed by atoms with Crippen molar-refractivity contribution in [2.45, 2.75) is 18.9 Å². The maximum Gasteiger partial charge on any atom is 0.336 e. The molecule has 0 aliphatic carbocycles. The summed E-state index contributed by atoms with van der Waals surface area (Å²) in [5.74, 6) is -0.370. The van der Waals surface area contributed by atoms with E-state index in [0.717, 1.165) is 37.2 Å². The molecule has 2 aromatic carbocycles. The van der Waals surface area contributed by atoms with E-state index in [1.54, 1.807) is 12.1 Å². The number of hydrogen-bond donors (Lipinski definition) is 2. The van der Waals surface area contributed by atoms with E-state index in [9.17, 15) is 9.90 Å². The maximum absolute atomic E-state index is 11.4. The Kier molecular flexibility index (Phi) is 4.54. The van der Waals surface area contributed by atoms with Gasteiger partial charge in [0.1, 0.15) is 0 Å². The number of aromatic nitrogens is 2. The van der Waals surface area contributed by atoms with E-state index in [0.29, 0.717) is 11.5 Å². The van der Waals surface area contributed by atoms with Crippen LogP contribution < -0.4 is 0 Å². The second-order valence-electron chi connectivity index (χ2n) is 6.78. The van der Waals surface area contributed by atoms with Gasteiger partial charge in [0.05, 0.1) is 5.56 Å². The molecule has 132 valence electrons. The van der Waals surface area contributed by atoms with Gasteiger partial charge in [0.15, 0.2) is 0 Å². The topological polar surface area (TPSA) is 69.2 Å². The smallest absolute Gasteiger partial charge is 0.336 e. The fraction of sp³-hybridized carbons (Fsp3) is 0.238. The summed E-state index contributed by atoms with van der Waals surface area (Å²) < 4.78 is 0. The molecule has 0 saturated carbocycles. The van der Waals surface area contributed by atoms with Crippen molar-refractivity contribution in [3.63, 3.8) is 0 Å². The van der Waals surface area contributed by atoms with Gasteiger partial charge >= 0.3 is 5.97 Å². The molecule has 1 aromatic heterocycles. The Morgan fingerprint density at radius 2 is 1.96 bits per heavy atom. The Labute approximate surface area is 152 Å². The minimum Gasteiger partial charge on any atom is -0.478 e. The van der Waals surface area contributed by atoms with Crippen molar-refractivity contribution in [1.29, 1.82) is 0 Å². The summed E-state index contributed by atoms with van der Waals surface area (Å²) in [7, 11) is 0. The number of likely N-dealkylation sites (tertiary alicyclic amines) is 1. The van der Waals surface area contributed by atoms with Gasteiger partial charge in [-0.15, -0.1) is 0 Å². The molecule has 2 N–H and O–H groups in total. The number of hydrogen-bond acceptors (Lipinski definition) is 3. The van der Waals surface area contributed by atoms with Gasteiger partial charge < -0.3 is 5.11 Å². The molecule has 0 spiro atoms. The van der Waals surface area contributed by atoms with Crippen molar-refractivity contribution in [3.8, 4) is 11.1 Å². The van der Waals surface area contributed by atoms with Gasteiger partial charge in [0.25, 0.3) is 0 Å². The molecule has 5 nitrogen and oxygen atoms in total. The van der Waals surface area contributed by atoms with E-state index in [2.05, 4.69) is 33.3 Å². The normalized spacial score (nSPS) is 17.5. The van der Waals surface area contributed by atoms with Gasteiger partial charge in [-0.3, -0.25) is 10.00 Å². The quantitative estimate of drug-likeness (QED) is 0.737. The third-order valence-corrected chi connectivity index (χ3v) is 5.06. The number of aromatic amines is 1. The third kappa shape index (κ3) is 3.39. The monoisotopic (exact) mass is 347 g/mol. The zero-order valence-electron chi connectivity index (χ0n) is 14.4. The molecule has 1 fully saturated rings. The van der Waals surface area contributed by atoms with Gasteiger partial charge in [0.2, 0.25) is 0 Å². The summed E-state index contributed by atoms with van der Waals surface area (Å²) >= 11 is 0. The lowest BCUT2D eigenvalue weighted by Crippen LogP contribution is -2.19. The number of benzene rings is 2. The van der Waals surface area contributed by atoms with E-state index < -0.39 is 5.97 Å². The average molecular weight is 347 g/mol. The minimum atomic E-state index is -0.897. The van der Waals surface area contributed by atoms with Crippen LogP contribution in [-0.2, 0) is 6.54 Å². The second kappa shape index (κ2) is 7.14. The number of rotatable bonds is 5. The van der Waals surface area contributed by atoms with Gasteiger partial charge in [-0.1, -0.05) is 42.5 Å². The van der Waals surface area contributed by atoms with Crippen LogP contribution in [0.4, 0.5) is 0 Å². The number of carboxylic acid groups (broad SMARTS) is 1. The van der Waals surface area contributed by atoms with Crippen LogP contribution in [0, 0.1) is 0 Å². The number of nitrogens with zero attached hydrogens (tertiary/aromatic N) is 2. The lowest BCUT2D eigenvalue weighted by molar-refractivity contribution is 0.0697. The zero-order valence-corrected chi connectivity index (χ0v) is 14.4. The molecule has 1 aliphatic rings. The first-order chi connectivity index (χ1) is 12.7. The summed E-state index contributed by atoms with van der Waals surface area (Å²) in [6.07, 6.45) is 2.96. The van der Waals surface area contributed by atoms with Crippen LogP contribution in [0.3, 0.4) is 0 Å². The van der Waals surface area contributed by atoms with Crippen molar-refractivity contribution in [1.82, 2.24) is 15.1 Å². The Bertz CT molecular complexity index is 888. The Hall–Kier alpha value is -2.92. The molecule has 3 aromatic rings. The molecule has 2 heterocycles. The third-order valence-electron chi connectivity index (χ3n) is 5.06. The van der Waals surface area contributed by atoms with E-state index in [-0.39, 0.29) is 0 Å². The molecular weight excluding hydrogens is 326 g/mol. The highest BCUT2D eigenvalue weighted by molar-refractivity contribution is 5.95. The molecular formula is C21H21N3O2. The van der Waals surface area contributed by atoms with Crippen LogP contribution in [0.1, 0.15) is 34.0 Å². The van der Waals surface area contributed by atoms with Crippen LogP contribution in [0.15, 0.2) is 60.8 Å². The molecule has 1 atom stereocenters. The summed E-state index contributed by atoms with van der Waals surface area (Å²) in [5, 5.41) is 16.5. The molecule has 0 radical (unpaired) electrons. The lowest BCUT2D eigenvalue weighted by atomic mass is 9.98. The molecule has 1 aliphatic heterocycles. The molecule has 26 heavy (non-hydrogen) atoms. The predicted octanol–water partition coefficient (Wildman–Crippen LogP) is 3.76. The van der Waals surface area contributed by atoms with Crippen molar-refractivity contribution >= 4 is 5.97 Å². The van der Waals surface area contributed by atoms with Crippen LogP contribution in [-0.4, -0.2) is 39.3 Å². The SMILES string of the molecule is O=C(O)c1ccccc1-c1ccc(CN2CC[C@@H](c3ccn[nH]3)C2)cc1. The summed E-state index contributed by atoms with van der Waals surface area (Å²) in [5.41, 5.74) is 4.48. The Morgan fingerprint density at radius 1 is 1.15 bits per heavy atom.